The van der Waals surface area contributed by atoms with Gasteiger partial charge in [0.25, 0.3) is 0 Å². The second-order valence-corrected chi connectivity index (χ2v) is 4.43. The van der Waals surface area contributed by atoms with Crippen molar-refractivity contribution < 1.29 is 4.52 Å². The Morgan fingerprint density at radius 1 is 1.29 bits per heavy atom. The summed E-state index contributed by atoms with van der Waals surface area (Å²) in [6.07, 6.45) is 6.38. The quantitative estimate of drug-likeness (QED) is 0.781. The van der Waals surface area contributed by atoms with Gasteiger partial charge in [0.05, 0.1) is 6.04 Å². The Morgan fingerprint density at radius 3 is 2.93 bits per heavy atom. The molecule has 2 fully saturated rings. The molecule has 0 amide bonds. The largest absolute Gasteiger partial charge is 0.361 e. The van der Waals surface area contributed by atoms with Gasteiger partial charge in [-0.3, -0.25) is 0 Å². The predicted octanol–water partition coefficient (Wildman–Crippen LogP) is 2.37. The third-order valence-corrected chi connectivity index (χ3v) is 3.19. The third kappa shape index (κ3) is 1.57. The minimum absolute atomic E-state index is 0.444. The van der Waals surface area contributed by atoms with Crippen LogP contribution in [0, 0.1) is 0 Å². The standard InChI is InChI=1S/C11H16N2O/c1-2-6-12-9(3-1)10-7-11(14-13-10)8-4-5-8/h7-9,12H,1-6H2. The number of aromatic nitrogens is 1. The molecule has 14 heavy (non-hydrogen) atoms. The molecule has 1 aliphatic carbocycles. The van der Waals surface area contributed by atoms with Crippen LogP contribution in [0.2, 0.25) is 0 Å². The molecule has 1 aliphatic heterocycles. The Hall–Kier alpha value is -0.830. The second kappa shape index (κ2) is 3.39. The molecule has 1 atom stereocenters. The van der Waals surface area contributed by atoms with Crippen molar-refractivity contribution in [2.75, 3.05) is 6.54 Å². The molecule has 1 aromatic rings. The molecule has 76 valence electrons. The van der Waals surface area contributed by atoms with E-state index in [4.69, 9.17) is 4.52 Å². The van der Waals surface area contributed by atoms with Crippen molar-refractivity contribution in [2.45, 2.75) is 44.1 Å². The third-order valence-electron chi connectivity index (χ3n) is 3.19. The van der Waals surface area contributed by atoms with E-state index in [-0.39, 0.29) is 0 Å². The van der Waals surface area contributed by atoms with E-state index in [1.54, 1.807) is 0 Å². The fourth-order valence-corrected chi connectivity index (χ4v) is 2.13. The van der Waals surface area contributed by atoms with Gasteiger partial charge < -0.3 is 9.84 Å². The molecule has 0 spiro atoms. The van der Waals surface area contributed by atoms with E-state index in [1.165, 1.54) is 32.1 Å². The van der Waals surface area contributed by atoms with E-state index in [0.29, 0.717) is 12.0 Å². The first-order valence-electron chi connectivity index (χ1n) is 5.63. The summed E-state index contributed by atoms with van der Waals surface area (Å²) < 4.78 is 5.35. The van der Waals surface area contributed by atoms with Crippen molar-refractivity contribution in [2.24, 2.45) is 0 Å². The minimum atomic E-state index is 0.444. The molecule has 1 aromatic heterocycles. The molecule has 1 saturated carbocycles. The summed E-state index contributed by atoms with van der Waals surface area (Å²) in [7, 11) is 0. The monoisotopic (exact) mass is 192 g/mol. The van der Waals surface area contributed by atoms with Crippen LogP contribution < -0.4 is 5.32 Å². The van der Waals surface area contributed by atoms with Crippen molar-refractivity contribution in [1.82, 2.24) is 10.5 Å². The molecule has 1 saturated heterocycles. The second-order valence-electron chi connectivity index (χ2n) is 4.43. The Labute approximate surface area is 83.9 Å². The molecule has 2 heterocycles. The highest BCUT2D eigenvalue weighted by molar-refractivity contribution is 5.17. The molecule has 3 nitrogen and oxygen atoms in total. The fraction of sp³-hybridized carbons (Fsp3) is 0.727. The van der Waals surface area contributed by atoms with Gasteiger partial charge in [0.1, 0.15) is 11.5 Å². The fourth-order valence-electron chi connectivity index (χ4n) is 2.13. The number of nitrogens with zero attached hydrogens (tertiary/aromatic N) is 1. The van der Waals surface area contributed by atoms with Crippen LogP contribution in [0.5, 0.6) is 0 Å². The van der Waals surface area contributed by atoms with Gasteiger partial charge in [0.2, 0.25) is 0 Å². The summed E-state index contributed by atoms with van der Waals surface area (Å²) in [6.45, 7) is 1.12. The average Bonchev–Trinajstić information content (AvgIpc) is 2.98. The summed E-state index contributed by atoms with van der Waals surface area (Å²) in [6, 6.07) is 2.60. The molecule has 0 aromatic carbocycles. The van der Waals surface area contributed by atoms with Gasteiger partial charge in [-0.05, 0) is 32.2 Å². The molecule has 1 unspecified atom stereocenters. The highest BCUT2D eigenvalue weighted by Gasteiger charge is 2.29. The van der Waals surface area contributed by atoms with Crippen LogP contribution in [0.4, 0.5) is 0 Å². The van der Waals surface area contributed by atoms with Gasteiger partial charge in [-0.25, -0.2) is 0 Å². The summed E-state index contributed by atoms with van der Waals surface area (Å²) in [4.78, 5) is 0. The number of piperidine rings is 1. The van der Waals surface area contributed by atoms with Gasteiger partial charge in [-0.1, -0.05) is 11.6 Å². The summed E-state index contributed by atoms with van der Waals surface area (Å²) in [5.74, 6) is 1.78. The van der Waals surface area contributed by atoms with Crippen molar-refractivity contribution in [1.29, 1.82) is 0 Å². The lowest BCUT2D eigenvalue weighted by Crippen LogP contribution is -2.26. The first-order valence-corrected chi connectivity index (χ1v) is 5.63. The minimum Gasteiger partial charge on any atom is -0.361 e. The van der Waals surface area contributed by atoms with Crippen LogP contribution in [0.25, 0.3) is 0 Å². The number of rotatable bonds is 2. The Balaban J connectivity index is 1.74. The molecule has 1 N–H and O–H groups in total. The molecule has 3 rings (SSSR count). The maximum Gasteiger partial charge on any atom is 0.140 e. The van der Waals surface area contributed by atoms with E-state index in [2.05, 4.69) is 16.5 Å². The maximum atomic E-state index is 5.35. The highest BCUT2D eigenvalue weighted by atomic mass is 16.5. The van der Waals surface area contributed by atoms with Crippen LogP contribution in [-0.2, 0) is 0 Å². The maximum absolute atomic E-state index is 5.35. The number of hydrogen-bond acceptors (Lipinski definition) is 3. The Bertz CT molecular complexity index is 311. The van der Waals surface area contributed by atoms with E-state index in [0.717, 1.165) is 18.0 Å². The summed E-state index contributed by atoms with van der Waals surface area (Å²) in [5, 5.41) is 7.65. The lowest BCUT2D eigenvalue weighted by atomic mass is 10.0. The zero-order chi connectivity index (χ0) is 9.38. The lowest BCUT2D eigenvalue weighted by molar-refractivity contribution is 0.349. The van der Waals surface area contributed by atoms with Crippen molar-refractivity contribution >= 4 is 0 Å². The zero-order valence-corrected chi connectivity index (χ0v) is 8.33. The molecule has 3 heteroatoms. The van der Waals surface area contributed by atoms with E-state index in [9.17, 15) is 0 Å². The van der Waals surface area contributed by atoms with E-state index >= 15 is 0 Å². The van der Waals surface area contributed by atoms with Crippen molar-refractivity contribution in [3.05, 3.63) is 17.5 Å². The van der Waals surface area contributed by atoms with Crippen LogP contribution >= 0.6 is 0 Å². The molecule has 2 aliphatic rings. The molecular weight excluding hydrogens is 176 g/mol. The topological polar surface area (TPSA) is 38.1 Å². The first-order chi connectivity index (χ1) is 6.93. The van der Waals surface area contributed by atoms with Crippen LogP contribution in [-0.4, -0.2) is 11.7 Å². The van der Waals surface area contributed by atoms with Crippen LogP contribution in [0.3, 0.4) is 0 Å². The smallest absolute Gasteiger partial charge is 0.140 e. The summed E-state index contributed by atoms with van der Waals surface area (Å²) in [5.41, 5.74) is 1.12. The Morgan fingerprint density at radius 2 is 2.21 bits per heavy atom. The van der Waals surface area contributed by atoms with Gasteiger partial charge in [0.15, 0.2) is 0 Å². The normalized spacial score (nSPS) is 27.9. The van der Waals surface area contributed by atoms with Crippen LogP contribution in [0.15, 0.2) is 10.6 Å². The SMILES string of the molecule is c1c(C2CCCCN2)noc1C1CC1. The van der Waals surface area contributed by atoms with E-state index in [1.807, 2.05) is 0 Å². The van der Waals surface area contributed by atoms with Gasteiger partial charge >= 0.3 is 0 Å². The van der Waals surface area contributed by atoms with Gasteiger partial charge in [-0.2, -0.15) is 0 Å². The molecule has 0 radical (unpaired) electrons. The summed E-state index contributed by atoms with van der Waals surface area (Å²) >= 11 is 0. The van der Waals surface area contributed by atoms with Crippen molar-refractivity contribution in [3.63, 3.8) is 0 Å². The average molecular weight is 192 g/mol. The van der Waals surface area contributed by atoms with E-state index < -0.39 is 0 Å². The van der Waals surface area contributed by atoms with Crippen molar-refractivity contribution in [3.8, 4) is 0 Å². The highest BCUT2D eigenvalue weighted by Crippen LogP contribution is 2.40. The Kier molecular flexibility index (Phi) is 2.05. The number of nitrogens with one attached hydrogen (secondary N) is 1. The zero-order valence-electron chi connectivity index (χ0n) is 8.33. The molecule has 0 bridgehead atoms. The first kappa shape index (κ1) is 8.48. The van der Waals surface area contributed by atoms with Gasteiger partial charge in [-0.15, -0.1) is 0 Å². The molecular formula is C11H16N2O. The van der Waals surface area contributed by atoms with Gasteiger partial charge in [0, 0.05) is 12.0 Å². The van der Waals surface area contributed by atoms with Crippen LogP contribution in [0.1, 0.15) is 55.5 Å². The number of hydrogen-bond donors (Lipinski definition) is 1. The predicted molar refractivity (Wildman–Crippen MR) is 53.1 cm³/mol. The lowest BCUT2D eigenvalue weighted by Gasteiger charge is -2.20.